The van der Waals surface area contributed by atoms with Gasteiger partial charge in [0, 0.05) is 30.9 Å². The number of phenolic OH excluding ortho intramolecular Hbond substituents is 1. The molecule has 6 heteroatoms. The molecular weight excluding hydrogens is 330 g/mol. The summed E-state index contributed by atoms with van der Waals surface area (Å²) in [5, 5.41) is 9.50. The smallest absolute Gasteiger partial charge is 0.146 e. The minimum atomic E-state index is 0.0556. The molecule has 26 heavy (non-hydrogen) atoms. The summed E-state index contributed by atoms with van der Waals surface area (Å²) in [6.45, 7) is 1.61. The molecule has 0 spiro atoms. The predicted octanol–water partition coefficient (Wildman–Crippen LogP) is 2.87. The number of aromatic hydroxyl groups is 1. The zero-order valence-electron chi connectivity index (χ0n) is 14.2. The zero-order valence-corrected chi connectivity index (χ0v) is 14.2. The number of nitrogens with zero attached hydrogens (tertiary/aromatic N) is 3. The summed E-state index contributed by atoms with van der Waals surface area (Å²) in [5.41, 5.74) is 2.89. The largest absolute Gasteiger partial charge is 0.508 e. The fourth-order valence-electron chi connectivity index (χ4n) is 3.23. The van der Waals surface area contributed by atoms with E-state index in [0.717, 1.165) is 48.2 Å². The van der Waals surface area contributed by atoms with E-state index < -0.39 is 0 Å². The molecule has 1 aliphatic heterocycles. The maximum Gasteiger partial charge on any atom is 0.146 e. The first-order chi connectivity index (χ1) is 12.7. The van der Waals surface area contributed by atoms with Gasteiger partial charge in [0.25, 0.3) is 0 Å². The van der Waals surface area contributed by atoms with Crippen molar-refractivity contribution in [3.8, 4) is 22.6 Å². The lowest BCUT2D eigenvalue weighted by molar-refractivity contribution is -0.104. The minimum Gasteiger partial charge on any atom is -0.508 e. The number of aldehydes is 1. The molecule has 0 amide bonds. The first-order valence-electron chi connectivity index (χ1n) is 8.51. The van der Waals surface area contributed by atoms with E-state index in [9.17, 15) is 9.90 Å². The Morgan fingerprint density at radius 3 is 2.88 bits per heavy atom. The number of hydrogen-bond acceptors (Lipinski definition) is 5. The average Bonchev–Trinajstić information content (AvgIpc) is 3.30. The number of carbonyl (C=O) groups excluding carboxylic acids is 1. The van der Waals surface area contributed by atoms with Crippen LogP contribution in [-0.4, -0.2) is 44.9 Å². The van der Waals surface area contributed by atoms with Crippen LogP contribution in [0, 0.1) is 0 Å². The third-order valence-electron chi connectivity index (χ3n) is 4.53. The Balaban J connectivity index is 1.62. The highest BCUT2D eigenvalue weighted by Crippen LogP contribution is 2.30. The van der Waals surface area contributed by atoms with Crippen molar-refractivity contribution in [1.82, 2.24) is 14.3 Å². The topological polar surface area (TPSA) is 67.1 Å². The molecule has 0 radical (unpaired) electrons. The summed E-state index contributed by atoms with van der Waals surface area (Å²) in [5.74, 6) is 1.02. The van der Waals surface area contributed by atoms with E-state index in [2.05, 4.69) is 9.88 Å². The van der Waals surface area contributed by atoms with Gasteiger partial charge < -0.3 is 19.1 Å². The SMILES string of the molecule is O=CC=CN1CC[C@H](Oc2cc(-c3ccc(O)cc3)cn3cncc23)C1. The highest BCUT2D eigenvalue weighted by atomic mass is 16.5. The summed E-state index contributed by atoms with van der Waals surface area (Å²) < 4.78 is 8.21. The van der Waals surface area contributed by atoms with Crippen molar-refractivity contribution in [3.63, 3.8) is 0 Å². The lowest BCUT2D eigenvalue weighted by Gasteiger charge is -2.17. The molecular formula is C20H19N3O3. The van der Waals surface area contributed by atoms with E-state index in [1.54, 1.807) is 30.9 Å². The van der Waals surface area contributed by atoms with E-state index in [1.807, 2.05) is 28.8 Å². The summed E-state index contributed by atoms with van der Waals surface area (Å²) in [6, 6.07) is 9.09. The standard InChI is InChI=1S/C20H19N3O3/c24-9-1-7-22-8-6-18(13-22)26-20-10-16(12-23-14-21-11-19(20)23)15-2-4-17(25)5-3-15/h1-5,7,9-12,14,18,25H,6,8,13H2/t18-/m0/s1. The number of rotatable bonds is 5. The lowest BCUT2D eigenvalue weighted by Crippen LogP contribution is -2.21. The first-order valence-corrected chi connectivity index (χ1v) is 8.51. The van der Waals surface area contributed by atoms with Crippen molar-refractivity contribution in [2.75, 3.05) is 13.1 Å². The van der Waals surface area contributed by atoms with Gasteiger partial charge in [0.1, 0.15) is 29.4 Å². The quantitative estimate of drug-likeness (QED) is 0.567. The van der Waals surface area contributed by atoms with Crippen molar-refractivity contribution in [2.45, 2.75) is 12.5 Å². The molecule has 3 heterocycles. The molecule has 6 nitrogen and oxygen atoms in total. The first kappa shape index (κ1) is 16.2. The van der Waals surface area contributed by atoms with Crippen molar-refractivity contribution in [2.24, 2.45) is 0 Å². The van der Waals surface area contributed by atoms with Crippen LogP contribution in [0.5, 0.6) is 11.5 Å². The van der Waals surface area contributed by atoms with Crippen LogP contribution in [0.1, 0.15) is 6.42 Å². The number of aromatic nitrogens is 2. The second-order valence-corrected chi connectivity index (χ2v) is 6.33. The van der Waals surface area contributed by atoms with Crippen LogP contribution in [0.3, 0.4) is 0 Å². The fourth-order valence-corrected chi connectivity index (χ4v) is 3.23. The molecule has 1 saturated heterocycles. The summed E-state index contributed by atoms with van der Waals surface area (Å²) >= 11 is 0. The van der Waals surface area contributed by atoms with Gasteiger partial charge in [-0.1, -0.05) is 12.1 Å². The van der Waals surface area contributed by atoms with E-state index in [4.69, 9.17) is 4.74 Å². The second-order valence-electron chi connectivity index (χ2n) is 6.33. The van der Waals surface area contributed by atoms with E-state index in [-0.39, 0.29) is 11.9 Å². The number of imidazole rings is 1. The van der Waals surface area contributed by atoms with Crippen LogP contribution in [0.4, 0.5) is 0 Å². The van der Waals surface area contributed by atoms with Gasteiger partial charge in [0.05, 0.1) is 19.1 Å². The number of ether oxygens (including phenoxy) is 1. The normalized spacial score (nSPS) is 17.2. The van der Waals surface area contributed by atoms with Gasteiger partial charge >= 0.3 is 0 Å². The van der Waals surface area contributed by atoms with Crippen molar-refractivity contribution in [1.29, 1.82) is 0 Å². The van der Waals surface area contributed by atoms with Gasteiger partial charge in [-0.3, -0.25) is 4.79 Å². The maximum absolute atomic E-state index is 10.5. The zero-order chi connectivity index (χ0) is 17.9. The van der Waals surface area contributed by atoms with Gasteiger partial charge in [-0.05, 0) is 29.8 Å². The molecule has 4 rings (SSSR count). The average molecular weight is 349 g/mol. The predicted molar refractivity (Wildman–Crippen MR) is 98.1 cm³/mol. The van der Waals surface area contributed by atoms with Crippen LogP contribution in [0.25, 0.3) is 16.6 Å². The molecule has 0 saturated carbocycles. The Hall–Kier alpha value is -3.28. The summed E-state index contributed by atoms with van der Waals surface area (Å²) in [6.07, 6.45) is 10.6. The number of allylic oxidation sites excluding steroid dienone is 1. The van der Waals surface area contributed by atoms with Gasteiger partial charge in [0.2, 0.25) is 0 Å². The van der Waals surface area contributed by atoms with Crippen LogP contribution < -0.4 is 4.74 Å². The number of likely N-dealkylation sites (tertiary alicyclic amines) is 1. The van der Waals surface area contributed by atoms with Gasteiger partial charge in [-0.15, -0.1) is 0 Å². The van der Waals surface area contributed by atoms with Crippen LogP contribution in [0.15, 0.2) is 61.3 Å². The molecule has 1 atom stereocenters. The Kier molecular flexibility index (Phi) is 4.31. The summed E-state index contributed by atoms with van der Waals surface area (Å²) in [4.78, 5) is 16.8. The van der Waals surface area contributed by atoms with E-state index in [1.165, 1.54) is 6.08 Å². The number of carbonyl (C=O) groups is 1. The molecule has 0 aliphatic carbocycles. The fraction of sp³-hybridized carbons (Fsp3) is 0.200. The Labute approximate surface area is 151 Å². The molecule has 1 aromatic carbocycles. The number of hydrogen-bond donors (Lipinski definition) is 1. The highest BCUT2D eigenvalue weighted by molar-refractivity contribution is 5.71. The van der Waals surface area contributed by atoms with Crippen molar-refractivity contribution >= 4 is 11.8 Å². The Morgan fingerprint density at radius 1 is 1.23 bits per heavy atom. The Bertz CT molecular complexity index is 947. The molecule has 0 bridgehead atoms. The maximum atomic E-state index is 10.5. The number of fused-ring (bicyclic) bond motifs is 1. The van der Waals surface area contributed by atoms with Gasteiger partial charge in [-0.25, -0.2) is 4.98 Å². The van der Waals surface area contributed by atoms with Crippen molar-refractivity contribution < 1.29 is 14.6 Å². The Morgan fingerprint density at radius 2 is 2.08 bits per heavy atom. The molecule has 0 unspecified atom stereocenters. The lowest BCUT2D eigenvalue weighted by atomic mass is 10.1. The van der Waals surface area contributed by atoms with Crippen molar-refractivity contribution in [3.05, 3.63) is 61.3 Å². The monoisotopic (exact) mass is 349 g/mol. The molecule has 3 aromatic rings. The van der Waals surface area contributed by atoms with Crippen LogP contribution in [0.2, 0.25) is 0 Å². The van der Waals surface area contributed by atoms with Gasteiger partial charge in [-0.2, -0.15) is 0 Å². The molecule has 1 fully saturated rings. The number of pyridine rings is 1. The molecule has 1 aliphatic rings. The number of benzene rings is 1. The molecule has 2 aromatic heterocycles. The molecule has 1 N–H and O–H groups in total. The number of phenols is 1. The van der Waals surface area contributed by atoms with Crippen LogP contribution >= 0.6 is 0 Å². The molecule has 132 valence electrons. The third-order valence-corrected chi connectivity index (χ3v) is 4.53. The minimum absolute atomic E-state index is 0.0556. The second kappa shape index (κ2) is 6.92. The summed E-state index contributed by atoms with van der Waals surface area (Å²) in [7, 11) is 0. The highest BCUT2D eigenvalue weighted by Gasteiger charge is 2.23. The van der Waals surface area contributed by atoms with Crippen LogP contribution in [-0.2, 0) is 4.79 Å². The van der Waals surface area contributed by atoms with E-state index >= 15 is 0 Å². The third kappa shape index (κ3) is 3.26. The van der Waals surface area contributed by atoms with Gasteiger partial charge in [0.15, 0.2) is 0 Å². The van der Waals surface area contributed by atoms with E-state index in [0.29, 0.717) is 0 Å².